The van der Waals surface area contributed by atoms with Gasteiger partial charge in [-0.3, -0.25) is 13.9 Å². The normalized spacial score (nSPS) is 12.2. The van der Waals surface area contributed by atoms with Crippen molar-refractivity contribution in [3.63, 3.8) is 0 Å². The van der Waals surface area contributed by atoms with E-state index in [1.165, 1.54) is 45.5 Å². The van der Waals surface area contributed by atoms with Gasteiger partial charge < -0.3 is 15.4 Å². The SMILES string of the molecule is CNC(=O)C(CC(C)C)NC(=O)c1cccc(S(=O)(=O)N(C)c2ccc(OC)cc2)c1. The molecule has 9 heteroatoms. The van der Waals surface area contributed by atoms with Gasteiger partial charge in [0, 0.05) is 19.7 Å². The number of rotatable bonds is 9. The first-order valence-electron chi connectivity index (χ1n) is 9.85. The van der Waals surface area contributed by atoms with E-state index in [0.29, 0.717) is 17.9 Å². The van der Waals surface area contributed by atoms with Crippen molar-refractivity contribution >= 4 is 27.5 Å². The molecule has 0 radical (unpaired) electrons. The van der Waals surface area contributed by atoms with Crippen LogP contribution in [0.3, 0.4) is 0 Å². The van der Waals surface area contributed by atoms with Gasteiger partial charge in [0.25, 0.3) is 15.9 Å². The summed E-state index contributed by atoms with van der Waals surface area (Å²) in [6.45, 7) is 3.90. The predicted molar refractivity (Wildman–Crippen MR) is 120 cm³/mol. The molecule has 0 bridgehead atoms. The van der Waals surface area contributed by atoms with E-state index in [1.54, 1.807) is 24.3 Å². The molecule has 0 fully saturated rings. The van der Waals surface area contributed by atoms with Crippen LogP contribution in [0.5, 0.6) is 5.75 Å². The lowest BCUT2D eigenvalue weighted by Gasteiger charge is -2.21. The number of hydrogen-bond donors (Lipinski definition) is 2. The summed E-state index contributed by atoms with van der Waals surface area (Å²) >= 11 is 0. The molecular weight excluding hydrogens is 418 g/mol. The highest BCUT2D eigenvalue weighted by molar-refractivity contribution is 7.92. The molecule has 31 heavy (non-hydrogen) atoms. The fourth-order valence-electron chi connectivity index (χ4n) is 3.01. The number of carbonyl (C=O) groups is 2. The van der Waals surface area contributed by atoms with Crippen molar-refractivity contribution in [2.75, 3.05) is 25.5 Å². The quantitative estimate of drug-likeness (QED) is 0.614. The highest BCUT2D eigenvalue weighted by Crippen LogP contribution is 2.24. The van der Waals surface area contributed by atoms with E-state index in [4.69, 9.17) is 4.74 Å². The Hall–Kier alpha value is -3.07. The second kappa shape index (κ2) is 10.3. The Balaban J connectivity index is 2.28. The molecule has 8 nitrogen and oxygen atoms in total. The van der Waals surface area contributed by atoms with E-state index < -0.39 is 22.0 Å². The molecule has 0 saturated heterocycles. The van der Waals surface area contributed by atoms with Crippen molar-refractivity contribution in [1.82, 2.24) is 10.6 Å². The molecule has 2 rings (SSSR count). The van der Waals surface area contributed by atoms with Gasteiger partial charge in [-0.15, -0.1) is 0 Å². The second-order valence-corrected chi connectivity index (χ2v) is 9.44. The number of likely N-dealkylation sites (N-methyl/N-ethyl adjacent to an activating group) is 1. The van der Waals surface area contributed by atoms with Gasteiger partial charge in [0.2, 0.25) is 5.91 Å². The second-order valence-electron chi connectivity index (χ2n) is 7.47. The van der Waals surface area contributed by atoms with Gasteiger partial charge in [-0.1, -0.05) is 19.9 Å². The minimum atomic E-state index is -3.90. The van der Waals surface area contributed by atoms with E-state index in [-0.39, 0.29) is 22.3 Å². The van der Waals surface area contributed by atoms with Gasteiger partial charge in [-0.2, -0.15) is 0 Å². The van der Waals surface area contributed by atoms with Gasteiger partial charge >= 0.3 is 0 Å². The van der Waals surface area contributed by atoms with Crippen LogP contribution in [-0.2, 0) is 14.8 Å². The first kappa shape index (κ1) is 24.2. The molecule has 1 atom stereocenters. The lowest BCUT2D eigenvalue weighted by atomic mass is 10.0. The number of benzene rings is 2. The Morgan fingerprint density at radius 3 is 2.29 bits per heavy atom. The molecule has 2 amide bonds. The summed E-state index contributed by atoms with van der Waals surface area (Å²) in [7, 11) is 0.569. The molecule has 0 aliphatic rings. The van der Waals surface area contributed by atoms with Gasteiger partial charge in [-0.05, 0) is 54.8 Å². The zero-order chi connectivity index (χ0) is 23.2. The number of nitrogens with one attached hydrogen (secondary N) is 2. The first-order chi connectivity index (χ1) is 14.6. The smallest absolute Gasteiger partial charge is 0.264 e. The largest absolute Gasteiger partial charge is 0.497 e. The fraction of sp³-hybridized carbons (Fsp3) is 0.364. The van der Waals surface area contributed by atoms with Gasteiger partial charge in [-0.25, -0.2) is 8.42 Å². The molecule has 0 aliphatic heterocycles. The summed E-state index contributed by atoms with van der Waals surface area (Å²) < 4.78 is 32.4. The monoisotopic (exact) mass is 447 g/mol. The standard InChI is InChI=1S/C22H29N3O5S/c1-15(2)13-20(22(27)23-3)24-21(26)16-7-6-8-19(14-16)31(28,29)25(4)17-9-11-18(30-5)12-10-17/h6-12,14-15,20H,13H2,1-5H3,(H,23,27)(H,24,26). The molecule has 0 spiro atoms. The van der Waals surface area contributed by atoms with Gasteiger partial charge in [0.15, 0.2) is 0 Å². The van der Waals surface area contributed by atoms with Gasteiger partial charge in [0.1, 0.15) is 11.8 Å². The molecule has 0 saturated carbocycles. The van der Waals surface area contributed by atoms with Crippen LogP contribution >= 0.6 is 0 Å². The number of nitrogens with zero attached hydrogens (tertiary/aromatic N) is 1. The van der Waals surface area contributed by atoms with Crippen LogP contribution < -0.4 is 19.7 Å². The van der Waals surface area contributed by atoms with E-state index >= 15 is 0 Å². The number of hydrogen-bond acceptors (Lipinski definition) is 5. The molecule has 2 N–H and O–H groups in total. The third kappa shape index (κ3) is 5.97. The lowest BCUT2D eigenvalue weighted by molar-refractivity contribution is -0.122. The van der Waals surface area contributed by atoms with Crippen LogP contribution in [0.4, 0.5) is 5.69 Å². The number of anilines is 1. The van der Waals surface area contributed by atoms with Crippen LogP contribution in [0.1, 0.15) is 30.6 Å². The Morgan fingerprint density at radius 1 is 1.10 bits per heavy atom. The van der Waals surface area contributed by atoms with Crippen molar-refractivity contribution in [1.29, 1.82) is 0 Å². The van der Waals surface area contributed by atoms with Crippen LogP contribution in [0.25, 0.3) is 0 Å². The minimum Gasteiger partial charge on any atom is -0.497 e. The Bertz CT molecular complexity index is 1020. The molecule has 2 aromatic rings. The van der Waals surface area contributed by atoms with Crippen LogP contribution in [0, 0.1) is 5.92 Å². The van der Waals surface area contributed by atoms with Crippen molar-refractivity contribution in [3.8, 4) is 5.75 Å². The summed E-state index contributed by atoms with van der Waals surface area (Å²) in [5, 5.41) is 5.23. The number of ether oxygens (including phenoxy) is 1. The first-order valence-corrected chi connectivity index (χ1v) is 11.3. The topological polar surface area (TPSA) is 105 Å². The fourth-order valence-corrected chi connectivity index (χ4v) is 4.25. The van der Waals surface area contributed by atoms with Crippen molar-refractivity contribution in [2.24, 2.45) is 5.92 Å². The Morgan fingerprint density at radius 2 is 1.74 bits per heavy atom. The zero-order valence-corrected chi connectivity index (χ0v) is 19.2. The molecule has 0 aliphatic carbocycles. The van der Waals surface area contributed by atoms with Crippen molar-refractivity contribution < 1.29 is 22.7 Å². The maximum absolute atomic E-state index is 13.1. The van der Waals surface area contributed by atoms with Crippen molar-refractivity contribution in [2.45, 2.75) is 31.2 Å². The molecule has 168 valence electrons. The molecule has 0 heterocycles. The number of methoxy groups -OCH3 is 1. The third-order valence-corrected chi connectivity index (χ3v) is 6.55. The average Bonchev–Trinajstić information content (AvgIpc) is 2.77. The number of carbonyl (C=O) groups excluding carboxylic acids is 2. The third-order valence-electron chi connectivity index (χ3n) is 4.77. The summed E-state index contributed by atoms with van der Waals surface area (Å²) in [4.78, 5) is 24.8. The summed E-state index contributed by atoms with van der Waals surface area (Å²) in [6.07, 6.45) is 0.462. The number of sulfonamides is 1. The maximum Gasteiger partial charge on any atom is 0.264 e. The van der Waals surface area contributed by atoms with E-state index in [0.717, 1.165) is 4.31 Å². The van der Waals surface area contributed by atoms with E-state index in [2.05, 4.69) is 10.6 Å². The Labute approximate surface area is 183 Å². The summed E-state index contributed by atoms with van der Waals surface area (Å²) in [6, 6.07) is 11.6. The van der Waals surface area contributed by atoms with Crippen LogP contribution in [0.2, 0.25) is 0 Å². The average molecular weight is 448 g/mol. The van der Waals surface area contributed by atoms with Crippen LogP contribution in [-0.4, -0.2) is 47.5 Å². The minimum absolute atomic E-state index is 0.0289. The van der Waals surface area contributed by atoms with Crippen LogP contribution in [0.15, 0.2) is 53.4 Å². The van der Waals surface area contributed by atoms with E-state index in [1.807, 2.05) is 13.8 Å². The summed E-state index contributed by atoms with van der Waals surface area (Å²) in [5.41, 5.74) is 0.606. The highest BCUT2D eigenvalue weighted by atomic mass is 32.2. The molecule has 0 aromatic heterocycles. The predicted octanol–water partition coefficient (Wildman–Crippen LogP) is 2.41. The molecular formula is C22H29N3O5S. The maximum atomic E-state index is 13.1. The Kier molecular flexibility index (Phi) is 8.04. The van der Waals surface area contributed by atoms with Crippen molar-refractivity contribution in [3.05, 3.63) is 54.1 Å². The van der Waals surface area contributed by atoms with Gasteiger partial charge in [0.05, 0.1) is 17.7 Å². The lowest BCUT2D eigenvalue weighted by Crippen LogP contribution is -2.46. The number of amides is 2. The molecule has 2 aromatic carbocycles. The molecule has 1 unspecified atom stereocenters. The van der Waals surface area contributed by atoms with E-state index in [9.17, 15) is 18.0 Å². The summed E-state index contributed by atoms with van der Waals surface area (Å²) in [5.74, 6) is -0.0174. The highest BCUT2D eigenvalue weighted by Gasteiger charge is 2.25. The zero-order valence-electron chi connectivity index (χ0n) is 18.4.